The number of aryl methyl sites for hydroxylation is 4. The molecule has 5 aromatic heterocycles. The van der Waals surface area contributed by atoms with Crippen molar-refractivity contribution < 1.29 is 86.3 Å². The van der Waals surface area contributed by atoms with Crippen LogP contribution < -0.4 is 31.0 Å². The number of aromatic hydroxyl groups is 2. The summed E-state index contributed by atoms with van der Waals surface area (Å²) in [5.41, 5.74) is -3.98. The van der Waals surface area contributed by atoms with Crippen molar-refractivity contribution in [3.63, 3.8) is 0 Å². The molecular weight excluding hydrogens is 1050 g/mol. The highest BCUT2D eigenvalue weighted by molar-refractivity contribution is 6.11. The maximum atomic E-state index is 13.9. The summed E-state index contributed by atoms with van der Waals surface area (Å²) in [5.74, 6) is -5.33. The minimum Gasteiger partial charge on any atom is -0.479 e. The Hall–Kier alpha value is -8.46. The molecule has 7 heterocycles. The van der Waals surface area contributed by atoms with Crippen molar-refractivity contribution in [3.05, 3.63) is 126 Å². The van der Waals surface area contributed by atoms with E-state index in [0.29, 0.717) is 11.4 Å². The van der Waals surface area contributed by atoms with Crippen LogP contribution in [0.5, 0.6) is 23.4 Å². The molecule has 2 saturated heterocycles. The number of amides is 2. The van der Waals surface area contributed by atoms with Gasteiger partial charge in [-0.2, -0.15) is 0 Å². The number of carbonyl (C=O) groups is 4. The highest BCUT2D eigenvalue weighted by Gasteiger charge is 2.55. The van der Waals surface area contributed by atoms with Gasteiger partial charge in [0.25, 0.3) is 11.8 Å². The van der Waals surface area contributed by atoms with Crippen LogP contribution in [0.25, 0.3) is 21.9 Å². The molecule has 2 aliphatic rings. The Bertz CT molecular complexity index is 3480. The lowest BCUT2D eigenvalue weighted by Gasteiger charge is -2.47. The van der Waals surface area contributed by atoms with Crippen molar-refractivity contribution in [2.75, 3.05) is 24.9 Å². The molecule has 424 valence electrons. The molecule has 80 heavy (non-hydrogen) atoms. The predicted molar refractivity (Wildman–Crippen MR) is 281 cm³/mol. The summed E-state index contributed by atoms with van der Waals surface area (Å²) in [5, 5.41) is 49.5. The summed E-state index contributed by atoms with van der Waals surface area (Å²) in [6.07, 6.45) is -9.34. The fourth-order valence-electron chi connectivity index (χ4n) is 10.0. The minimum absolute atomic E-state index is 0.0247. The molecule has 2 amide bonds. The molecule has 0 saturated carbocycles. The molecular formula is C55H59N5O20. The first-order chi connectivity index (χ1) is 37.7. The van der Waals surface area contributed by atoms with Crippen LogP contribution >= 0.6 is 0 Å². The lowest BCUT2D eigenvalue weighted by Crippen LogP contribution is -2.65. The summed E-state index contributed by atoms with van der Waals surface area (Å²) in [6, 6.07) is 11.8. The van der Waals surface area contributed by atoms with E-state index >= 15 is 0 Å². The second-order valence-corrected chi connectivity index (χ2v) is 20.5. The topological polar surface area (TPSA) is 355 Å². The Morgan fingerprint density at radius 2 is 1.00 bits per heavy atom. The van der Waals surface area contributed by atoms with Gasteiger partial charge in [0.15, 0.2) is 35.8 Å². The molecule has 9 rings (SSSR count). The smallest absolute Gasteiger partial charge is 0.355 e. The van der Waals surface area contributed by atoms with Gasteiger partial charge in [0, 0.05) is 42.9 Å². The van der Waals surface area contributed by atoms with Crippen LogP contribution in [0, 0.1) is 34.6 Å². The van der Waals surface area contributed by atoms with Gasteiger partial charge >= 0.3 is 23.8 Å². The first-order valence-corrected chi connectivity index (χ1v) is 25.0. The minimum atomic E-state index is -1.59. The first-order valence-electron chi connectivity index (χ1n) is 25.0. The van der Waals surface area contributed by atoms with E-state index in [0.717, 1.165) is 6.20 Å². The van der Waals surface area contributed by atoms with E-state index in [1.165, 1.54) is 71.4 Å². The summed E-state index contributed by atoms with van der Waals surface area (Å²) in [7, 11) is 2.76. The number of anilines is 2. The molecule has 0 aliphatic carbocycles. The Morgan fingerprint density at radius 3 is 1.39 bits per heavy atom. The van der Waals surface area contributed by atoms with Gasteiger partial charge in [0.05, 0.1) is 27.5 Å². The van der Waals surface area contributed by atoms with E-state index in [4.69, 9.17) is 46.7 Å². The number of aromatic amines is 3. The Balaban J connectivity index is 0.890. The number of esters is 2. The van der Waals surface area contributed by atoms with Crippen molar-refractivity contribution in [1.29, 1.82) is 0 Å². The summed E-state index contributed by atoms with van der Waals surface area (Å²) in [6.45, 7) is 14.6. The molecule has 7 aromatic rings. The monoisotopic (exact) mass is 1110 g/mol. The molecule has 8 atom stereocenters. The number of aliphatic hydroxyl groups excluding tert-OH is 2. The number of ether oxygens (including phenoxy) is 8. The normalized spacial score (nSPS) is 22.4. The van der Waals surface area contributed by atoms with Gasteiger partial charge in [-0.15, -0.1) is 0 Å². The fourth-order valence-corrected chi connectivity index (χ4v) is 10.0. The zero-order valence-electron chi connectivity index (χ0n) is 45.1. The third-order valence-electron chi connectivity index (χ3n) is 14.2. The Labute approximate surface area is 454 Å². The van der Waals surface area contributed by atoms with Gasteiger partial charge < -0.3 is 92.7 Å². The molecule has 25 nitrogen and oxygen atoms in total. The van der Waals surface area contributed by atoms with E-state index in [2.05, 4.69) is 25.6 Å². The van der Waals surface area contributed by atoms with Crippen LogP contribution in [0.1, 0.15) is 97.6 Å². The van der Waals surface area contributed by atoms with Crippen LogP contribution in [0.4, 0.5) is 11.4 Å². The molecule has 2 fully saturated rings. The van der Waals surface area contributed by atoms with Gasteiger partial charge in [0.1, 0.15) is 52.0 Å². The SMILES string of the molecule is CO[C@@H]1[C@@H](OC(=O)c2ccc(C)[nH]2)[C@@H](O)C(Oc2ccc3c(=O)c(NC(=O)c4c[nH]c(C(=O)Nc5c(O)oc6c(C)c(OC7OC(C)(C)[C@H](OC)[C@@H](OC(=O)c8ccc(C)[nH]8)[C@H]7O)ccc6c5=O)c4C)c(O)oc3c2C)OC1(C)C. The van der Waals surface area contributed by atoms with E-state index in [1.807, 2.05) is 0 Å². The standard InChI is InChI=1S/C55H59N5O20/c1-21-12-16-29(57-21)48(67)77-42-38(63)52(79-54(6,7)44(42)71-10)73-31-18-14-26-36(61)34(50(69)75-40(26)24(31)4)59-46(65)28-20-56-33(23(28)3)47(66)60-35-37(62)27-15-19-32(25(5)41(27)76-51(35)70)74-53-39(64)43(45(72-11)55(8,9)80-53)78-49(68)30-17-13-22(2)58-30/h12-20,38-39,42-45,52-53,56-58,63-64,69-70H,1-11H3,(H,59,65)(H,60,66)/t38-,39-,42+,43+,44-,45-,52?,53?/m1/s1. The summed E-state index contributed by atoms with van der Waals surface area (Å²) >= 11 is 0. The van der Waals surface area contributed by atoms with E-state index in [-0.39, 0.29) is 72.8 Å². The molecule has 2 unspecified atom stereocenters. The van der Waals surface area contributed by atoms with E-state index in [1.54, 1.807) is 53.7 Å². The highest BCUT2D eigenvalue weighted by Crippen LogP contribution is 2.40. The van der Waals surface area contributed by atoms with Gasteiger partial charge in [-0.1, -0.05) is 0 Å². The lowest BCUT2D eigenvalue weighted by molar-refractivity contribution is -0.305. The van der Waals surface area contributed by atoms with Crippen LogP contribution in [-0.4, -0.2) is 134 Å². The molecule has 9 N–H and O–H groups in total. The molecule has 0 bridgehead atoms. The molecule has 25 heteroatoms. The van der Waals surface area contributed by atoms with Crippen LogP contribution in [0.3, 0.4) is 0 Å². The molecule has 0 spiro atoms. The number of H-pyrrole nitrogens is 3. The van der Waals surface area contributed by atoms with Crippen LogP contribution in [-0.2, 0) is 28.4 Å². The summed E-state index contributed by atoms with van der Waals surface area (Å²) in [4.78, 5) is 89.8. The number of benzene rings is 2. The number of carbonyl (C=O) groups excluding carboxylic acids is 4. The number of hydrogen-bond acceptors (Lipinski definition) is 20. The second kappa shape index (κ2) is 21.3. The third kappa shape index (κ3) is 10.2. The molecule has 0 radical (unpaired) electrons. The van der Waals surface area contributed by atoms with E-state index < -0.39 is 118 Å². The number of methoxy groups -OCH3 is 2. The van der Waals surface area contributed by atoms with Gasteiger partial charge in [-0.05, 0) is 116 Å². The second-order valence-electron chi connectivity index (χ2n) is 20.5. The van der Waals surface area contributed by atoms with Crippen LogP contribution in [0.2, 0.25) is 0 Å². The lowest BCUT2D eigenvalue weighted by atomic mass is 9.89. The molecule has 2 aromatic carbocycles. The predicted octanol–water partition coefficient (Wildman–Crippen LogP) is 5.57. The zero-order chi connectivity index (χ0) is 58.0. The van der Waals surface area contributed by atoms with Crippen molar-refractivity contribution in [2.45, 2.75) is 123 Å². The quantitative estimate of drug-likeness (QED) is 0.0601. The van der Waals surface area contributed by atoms with E-state index in [9.17, 15) is 49.2 Å². The van der Waals surface area contributed by atoms with Gasteiger partial charge in [-0.25, -0.2) is 9.59 Å². The number of fused-ring (bicyclic) bond motifs is 2. The zero-order valence-corrected chi connectivity index (χ0v) is 45.1. The summed E-state index contributed by atoms with van der Waals surface area (Å²) < 4.78 is 58.5. The Kier molecular flexibility index (Phi) is 15.0. The average Bonchev–Trinajstić information content (AvgIpc) is 4.18. The molecule has 2 aliphatic heterocycles. The number of nitrogens with one attached hydrogen (secondary N) is 5. The van der Waals surface area contributed by atoms with Crippen molar-refractivity contribution in [1.82, 2.24) is 15.0 Å². The maximum Gasteiger partial charge on any atom is 0.355 e. The maximum absolute atomic E-state index is 13.9. The number of hydrogen-bond donors (Lipinski definition) is 9. The van der Waals surface area contributed by atoms with Crippen molar-refractivity contribution in [2.24, 2.45) is 0 Å². The van der Waals surface area contributed by atoms with Crippen molar-refractivity contribution in [3.8, 4) is 23.4 Å². The fraction of sp³-hybridized carbons (Fsp3) is 0.382. The third-order valence-corrected chi connectivity index (χ3v) is 14.2. The average molecular weight is 1110 g/mol. The number of aromatic nitrogens is 3. The van der Waals surface area contributed by atoms with Crippen LogP contribution in [0.15, 0.2) is 73.2 Å². The van der Waals surface area contributed by atoms with Gasteiger partial charge in [-0.3, -0.25) is 19.2 Å². The number of rotatable bonds is 14. The highest BCUT2D eigenvalue weighted by atomic mass is 16.7. The Morgan fingerprint density at radius 1 is 0.588 bits per heavy atom. The first kappa shape index (κ1) is 56.3. The van der Waals surface area contributed by atoms with Gasteiger partial charge in [0.2, 0.25) is 23.4 Å². The van der Waals surface area contributed by atoms with Crippen molar-refractivity contribution >= 4 is 57.1 Å². The largest absolute Gasteiger partial charge is 0.479 e. The number of aliphatic hydroxyl groups is 2.